The van der Waals surface area contributed by atoms with Crippen molar-refractivity contribution in [3.8, 4) is 0 Å². The van der Waals surface area contributed by atoms with Crippen LogP contribution in [0.4, 0.5) is 9.18 Å². The SMILES string of the molecule is CC(C)NC(=O)NCc1ccc(C(=O)OCc2ccccc2F)cc1. The van der Waals surface area contributed by atoms with E-state index in [1.165, 1.54) is 6.07 Å². The van der Waals surface area contributed by atoms with E-state index in [0.717, 1.165) is 5.56 Å². The number of urea groups is 1. The second-order valence-corrected chi connectivity index (χ2v) is 5.85. The molecule has 0 aliphatic heterocycles. The van der Waals surface area contributed by atoms with E-state index in [4.69, 9.17) is 4.74 Å². The highest BCUT2D eigenvalue weighted by atomic mass is 19.1. The number of amides is 2. The lowest BCUT2D eigenvalue weighted by Crippen LogP contribution is -2.39. The summed E-state index contributed by atoms with van der Waals surface area (Å²) in [7, 11) is 0. The Morgan fingerprint density at radius 3 is 2.40 bits per heavy atom. The van der Waals surface area contributed by atoms with E-state index >= 15 is 0 Å². The molecule has 0 radical (unpaired) electrons. The third kappa shape index (κ3) is 5.91. The number of rotatable bonds is 6. The number of halogens is 1. The number of esters is 1. The fourth-order valence-corrected chi connectivity index (χ4v) is 2.10. The molecule has 2 N–H and O–H groups in total. The van der Waals surface area contributed by atoms with E-state index in [2.05, 4.69) is 10.6 Å². The van der Waals surface area contributed by atoms with Gasteiger partial charge >= 0.3 is 12.0 Å². The molecule has 25 heavy (non-hydrogen) atoms. The molecule has 0 bridgehead atoms. The first-order chi connectivity index (χ1) is 12.0. The molecule has 0 heterocycles. The fraction of sp³-hybridized carbons (Fsp3) is 0.263. The average Bonchev–Trinajstić information content (AvgIpc) is 2.59. The Kier molecular flexibility index (Phi) is 6.51. The second-order valence-electron chi connectivity index (χ2n) is 5.85. The number of carbonyl (C=O) groups is 2. The highest BCUT2D eigenvalue weighted by molar-refractivity contribution is 5.89. The molecule has 5 nitrogen and oxygen atoms in total. The lowest BCUT2D eigenvalue weighted by atomic mass is 10.1. The Labute approximate surface area is 146 Å². The first-order valence-electron chi connectivity index (χ1n) is 7.99. The van der Waals surface area contributed by atoms with Crippen LogP contribution in [0.3, 0.4) is 0 Å². The summed E-state index contributed by atoms with van der Waals surface area (Å²) in [4.78, 5) is 23.5. The van der Waals surface area contributed by atoms with Crippen molar-refractivity contribution >= 4 is 12.0 Å². The average molecular weight is 344 g/mol. The van der Waals surface area contributed by atoms with Gasteiger partial charge in [-0.25, -0.2) is 14.0 Å². The van der Waals surface area contributed by atoms with Gasteiger partial charge in [-0.2, -0.15) is 0 Å². The van der Waals surface area contributed by atoms with Crippen molar-refractivity contribution in [2.75, 3.05) is 0 Å². The summed E-state index contributed by atoms with van der Waals surface area (Å²) < 4.78 is 18.6. The van der Waals surface area contributed by atoms with Gasteiger partial charge in [0.1, 0.15) is 12.4 Å². The predicted molar refractivity (Wildman–Crippen MR) is 92.5 cm³/mol. The Bertz CT molecular complexity index is 730. The lowest BCUT2D eigenvalue weighted by Gasteiger charge is -2.10. The van der Waals surface area contributed by atoms with Gasteiger partial charge in [0, 0.05) is 18.2 Å². The van der Waals surface area contributed by atoms with Crippen LogP contribution in [0.15, 0.2) is 48.5 Å². The number of benzene rings is 2. The Morgan fingerprint density at radius 2 is 1.76 bits per heavy atom. The first kappa shape index (κ1) is 18.4. The maximum Gasteiger partial charge on any atom is 0.338 e. The Morgan fingerprint density at radius 1 is 1.08 bits per heavy atom. The van der Waals surface area contributed by atoms with Crippen LogP contribution in [-0.2, 0) is 17.9 Å². The third-order valence-corrected chi connectivity index (χ3v) is 3.38. The Balaban J connectivity index is 1.85. The molecule has 0 aliphatic rings. The number of carbonyl (C=O) groups excluding carboxylic acids is 2. The van der Waals surface area contributed by atoms with Crippen LogP contribution in [0.25, 0.3) is 0 Å². The van der Waals surface area contributed by atoms with Crippen LogP contribution < -0.4 is 10.6 Å². The van der Waals surface area contributed by atoms with Gasteiger partial charge in [0.05, 0.1) is 5.56 Å². The molecule has 6 heteroatoms. The third-order valence-electron chi connectivity index (χ3n) is 3.38. The Hall–Kier alpha value is -2.89. The summed E-state index contributed by atoms with van der Waals surface area (Å²) in [6.45, 7) is 3.98. The van der Waals surface area contributed by atoms with Crippen LogP contribution in [0.5, 0.6) is 0 Å². The summed E-state index contributed by atoms with van der Waals surface area (Å²) in [5, 5.41) is 5.45. The highest BCUT2D eigenvalue weighted by Crippen LogP contribution is 2.11. The summed E-state index contributed by atoms with van der Waals surface area (Å²) in [6.07, 6.45) is 0. The van der Waals surface area contributed by atoms with E-state index in [0.29, 0.717) is 17.7 Å². The van der Waals surface area contributed by atoms with Gasteiger partial charge in [-0.05, 0) is 37.6 Å². The molecule has 2 aromatic rings. The van der Waals surface area contributed by atoms with Gasteiger partial charge in [-0.1, -0.05) is 30.3 Å². The minimum Gasteiger partial charge on any atom is -0.457 e. The molecule has 0 saturated carbocycles. The molecule has 0 unspecified atom stereocenters. The van der Waals surface area contributed by atoms with Crippen molar-refractivity contribution in [1.82, 2.24) is 10.6 Å². The monoisotopic (exact) mass is 344 g/mol. The molecular weight excluding hydrogens is 323 g/mol. The van der Waals surface area contributed by atoms with Crippen molar-refractivity contribution in [3.05, 3.63) is 71.0 Å². The van der Waals surface area contributed by atoms with E-state index in [1.54, 1.807) is 42.5 Å². The van der Waals surface area contributed by atoms with Crippen molar-refractivity contribution < 1.29 is 18.7 Å². The van der Waals surface area contributed by atoms with Crippen molar-refractivity contribution in [2.45, 2.75) is 33.0 Å². The molecule has 0 aliphatic carbocycles. The van der Waals surface area contributed by atoms with Gasteiger partial charge < -0.3 is 15.4 Å². The molecule has 0 fully saturated rings. The number of ether oxygens (including phenoxy) is 1. The second kappa shape index (κ2) is 8.82. The van der Waals surface area contributed by atoms with E-state index in [1.807, 2.05) is 13.8 Å². The van der Waals surface area contributed by atoms with Crippen molar-refractivity contribution in [3.63, 3.8) is 0 Å². The van der Waals surface area contributed by atoms with Gasteiger partial charge in [0.15, 0.2) is 0 Å². The predicted octanol–water partition coefficient (Wildman–Crippen LogP) is 3.39. The quantitative estimate of drug-likeness (QED) is 0.790. The highest BCUT2D eigenvalue weighted by Gasteiger charge is 2.09. The standard InChI is InChI=1S/C19H21FN2O3/c1-13(2)22-19(24)21-11-14-7-9-15(10-8-14)18(23)25-12-16-5-3-4-6-17(16)20/h3-10,13H,11-12H2,1-2H3,(H2,21,22,24). The first-order valence-corrected chi connectivity index (χ1v) is 7.99. The minimum atomic E-state index is -0.527. The molecule has 2 aromatic carbocycles. The molecule has 0 aromatic heterocycles. The molecule has 0 spiro atoms. The zero-order valence-corrected chi connectivity index (χ0v) is 14.2. The topological polar surface area (TPSA) is 67.4 Å². The van der Waals surface area contributed by atoms with E-state index in [-0.39, 0.29) is 18.7 Å². The van der Waals surface area contributed by atoms with Crippen LogP contribution in [0.2, 0.25) is 0 Å². The zero-order chi connectivity index (χ0) is 18.2. The number of nitrogens with one attached hydrogen (secondary N) is 2. The number of hydrogen-bond acceptors (Lipinski definition) is 3. The number of hydrogen-bond donors (Lipinski definition) is 2. The van der Waals surface area contributed by atoms with E-state index < -0.39 is 11.8 Å². The minimum absolute atomic E-state index is 0.0617. The fourth-order valence-electron chi connectivity index (χ4n) is 2.10. The van der Waals surface area contributed by atoms with Gasteiger partial charge in [0.2, 0.25) is 0 Å². The van der Waals surface area contributed by atoms with Crippen LogP contribution in [0, 0.1) is 5.82 Å². The van der Waals surface area contributed by atoms with Crippen LogP contribution in [0.1, 0.15) is 35.3 Å². The molecule has 2 rings (SSSR count). The zero-order valence-electron chi connectivity index (χ0n) is 14.2. The maximum absolute atomic E-state index is 13.5. The molecule has 2 amide bonds. The maximum atomic E-state index is 13.5. The summed E-state index contributed by atoms with van der Waals surface area (Å²) in [5.74, 6) is -0.934. The van der Waals surface area contributed by atoms with Gasteiger partial charge in [-0.15, -0.1) is 0 Å². The molecule has 132 valence electrons. The van der Waals surface area contributed by atoms with Gasteiger partial charge in [0.25, 0.3) is 0 Å². The lowest BCUT2D eigenvalue weighted by molar-refractivity contribution is 0.0469. The summed E-state index contributed by atoms with van der Waals surface area (Å²) >= 11 is 0. The molecule has 0 saturated heterocycles. The summed E-state index contributed by atoms with van der Waals surface area (Å²) in [5.41, 5.74) is 1.55. The van der Waals surface area contributed by atoms with E-state index in [9.17, 15) is 14.0 Å². The molecule has 0 atom stereocenters. The van der Waals surface area contributed by atoms with Gasteiger partial charge in [-0.3, -0.25) is 0 Å². The van der Waals surface area contributed by atoms with Crippen LogP contribution in [-0.4, -0.2) is 18.0 Å². The normalized spacial score (nSPS) is 10.4. The molecular formula is C19H21FN2O3. The summed E-state index contributed by atoms with van der Waals surface area (Å²) in [6, 6.07) is 12.7. The smallest absolute Gasteiger partial charge is 0.338 e. The van der Waals surface area contributed by atoms with Crippen molar-refractivity contribution in [2.24, 2.45) is 0 Å². The van der Waals surface area contributed by atoms with Crippen molar-refractivity contribution in [1.29, 1.82) is 0 Å². The largest absolute Gasteiger partial charge is 0.457 e. The van der Waals surface area contributed by atoms with Crippen LogP contribution >= 0.6 is 0 Å².